The van der Waals surface area contributed by atoms with E-state index in [0.717, 1.165) is 0 Å². The van der Waals surface area contributed by atoms with Crippen molar-refractivity contribution in [2.75, 3.05) is 11.8 Å². The van der Waals surface area contributed by atoms with E-state index in [9.17, 15) is 8.42 Å². The lowest BCUT2D eigenvalue weighted by Crippen LogP contribution is -2.14. The molecule has 0 aliphatic carbocycles. The summed E-state index contributed by atoms with van der Waals surface area (Å²) in [4.78, 5) is -0.0943. The van der Waals surface area contributed by atoms with Crippen LogP contribution in [0.5, 0.6) is 17.2 Å². The Labute approximate surface area is 167 Å². The molecular weight excluding hydrogens is 409 g/mol. The van der Waals surface area contributed by atoms with Gasteiger partial charge in [0.1, 0.15) is 16.4 Å². The molecule has 0 aliphatic heterocycles. The van der Waals surface area contributed by atoms with E-state index in [2.05, 4.69) is 4.72 Å². The molecule has 8 heteroatoms. The van der Waals surface area contributed by atoms with Crippen molar-refractivity contribution in [3.05, 3.63) is 76.8 Å². The first-order valence-corrected chi connectivity index (χ1v) is 10.0. The van der Waals surface area contributed by atoms with Crippen LogP contribution in [-0.2, 0) is 10.0 Å². The second-order valence-corrected chi connectivity index (χ2v) is 7.98. The van der Waals surface area contributed by atoms with E-state index in [1.54, 1.807) is 30.3 Å². The molecule has 0 saturated heterocycles. The van der Waals surface area contributed by atoms with Gasteiger partial charge in [-0.2, -0.15) is 0 Å². The maximum Gasteiger partial charge on any atom is 0.265 e. The van der Waals surface area contributed by atoms with Gasteiger partial charge in [-0.05, 0) is 48.5 Å². The number of hydrogen-bond donors (Lipinski definition) is 1. The summed E-state index contributed by atoms with van der Waals surface area (Å²) in [7, 11) is -2.63. The number of anilines is 1. The first kappa shape index (κ1) is 19.4. The lowest BCUT2D eigenvalue weighted by atomic mass is 10.3. The molecule has 0 radical (unpaired) electrons. The Bertz CT molecular complexity index is 1060. The number of halogens is 2. The molecule has 0 saturated carbocycles. The monoisotopic (exact) mass is 423 g/mol. The van der Waals surface area contributed by atoms with Crippen LogP contribution in [0.25, 0.3) is 0 Å². The molecule has 140 valence electrons. The lowest BCUT2D eigenvalue weighted by Gasteiger charge is -2.15. The summed E-state index contributed by atoms with van der Waals surface area (Å²) in [6, 6.07) is 18.0. The van der Waals surface area contributed by atoms with Gasteiger partial charge in [-0.3, -0.25) is 4.72 Å². The number of sulfonamides is 1. The average Bonchev–Trinajstić information content (AvgIpc) is 2.64. The van der Waals surface area contributed by atoms with Gasteiger partial charge in [-0.15, -0.1) is 0 Å². The Balaban J connectivity index is 1.99. The van der Waals surface area contributed by atoms with Crippen molar-refractivity contribution < 1.29 is 17.9 Å². The molecule has 5 nitrogen and oxygen atoms in total. The summed E-state index contributed by atoms with van der Waals surface area (Å²) < 4.78 is 39.2. The van der Waals surface area contributed by atoms with Crippen LogP contribution in [0.1, 0.15) is 0 Å². The molecular formula is C19H15Cl2NO4S. The summed E-state index contributed by atoms with van der Waals surface area (Å²) in [5, 5.41) is 0.620. The van der Waals surface area contributed by atoms with Crippen molar-refractivity contribution >= 4 is 38.9 Å². The van der Waals surface area contributed by atoms with Gasteiger partial charge in [0.15, 0.2) is 5.75 Å². The van der Waals surface area contributed by atoms with Gasteiger partial charge in [0.25, 0.3) is 10.0 Å². The minimum absolute atomic E-state index is 0.0943. The van der Waals surface area contributed by atoms with E-state index in [1.165, 1.54) is 25.3 Å². The standard InChI is InChI=1S/C19H15Cl2NO4S/c1-25-18-10-8-14(21)12-19(18)27(23,24)22-16-11-13(20)7-9-17(16)26-15-5-3-2-4-6-15/h2-12,22H,1H3. The maximum absolute atomic E-state index is 12.9. The van der Waals surface area contributed by atoms with E-state index in [4.69, 9.17) is 32.7 Å². The highest BCUT2D eigenvalue weighted by Crippen LogP contribution is 2.35. The molecule has 3 aromatic carbocycles. The van der Waals surface area contributed by atoms with Gasteiger partial charge in [-0.1, -0.05) is 41.4 Å². The van der Waals surface area contributed by atoms with Gasteiger partial charge in [-0.25, -0.2) is 8.42 Å². The van der Waals surface area contributed by atoms with Crippen LogP contribution in [0.4, 0.5) is 5.69 Å². The highest BCUT2D eigenvalue weighted by molar-refractivity contribution is 7.92. The van der Waals surface area contributed by atoms with Crippen LogP contribution in [0.2, 0.25) is 10.0 Å². The van der Waals surface area contributed by atoms with E-state index < -0.39 is 10.0 Å². The lowest BCUT2D eigenvalue weighted by molar-refractivity contribution is 0.403. The van der Waals surface area contributed by atoms with Gasteiger partial charge in [0.2, 0.25) is 0 Å². The van der Waals surface area contributed by atoms with Gasteiger partial charge < -0.3 is 9.47 Å². The van der Waals surface area contributed by atoms with Crippen LogP contribution in [0, 0.1) is 0 Å². The summed E-state index contributed by atoms with van der Waals surface area (Å²) in [6.07, 6.45) is 0. The van der Waals surface area contributed by atoms with Gasteiger partial charge in [0.05, 0.1) is 12.8 Å². The molecule has 0 fully saturated rings. The molecule has 0 heterocycles. The summed E-state index contributed by atoms with van der Waals surface area (Å²) in [5.41, 5.74) is 0.188. The zero-order valence-corrected chi connectivity index (χ0v) is 16.5. The van der Waals surface area contributed by atoms with Crippen molar-refractivity contribution in [2.24, 2.45) is 0 Å². The van der Waals surface area contributed by atoms with Crippen molar-refractivity contribution in [3.8, 4) is 17.2 Å². The molecule has 0 aliphatic rings. The van der Waals surface area contributed by atoms with Crippen molar-refractivity contribution in [2.45, 2.75) is 4.90 Å². The van der Waals surface area contributed by atoms with Crippen LogP contribution in [-0.4, -0.2) is 15.5 Å². The highest BCUT2D eigenvalue weighted by atomic mass is 35.5. The Morgan fingerprint density at radius 1 is 0.852 bits per heavy atom. The third-order valence-electron chi connectivity index (χ3n) is 3.57. The molecule has 0 unspecified atom stereocenters. The second-order valence-electron chi connectivity index (χ2n) is 5.46. The SMILES string of the molecule is COc1ccc(Cl)cc1S(=O)(=O)Nc1cc(Cl)ccc1Oc1ccccc1. The minimum Gasteiger partial charge on any atom is -0.495 e. The number of benzene rings is 3. The van der Waals surface area contributed by atoms with E-state index in [0.29, 0.717) is 16.5 Å². The van der Waals surface area contributed by atoms with E-state index in [-0.39, 0.29) is 21.4 Å². The Kier molecular flexibility index (Phi) is 5.79. The normalized spacial score (nSPS) is 11.1. The molecule has 0 atom stereocenters. The fourth-order valence-electron chi connectivity index (χ4n) is 2.35. The molecule has 0 aromatic heterocycles. The van der Waals surface area contributed by atoms with E-state index >= 15 is 0 Å². The molecule has 0 bridgehead atoms. The molecule has 0 amide bonds. The third kappa shape index (κ3) is 4.66. The molecule has 3 rings (SSSR count). The third-order valence-corrected chi connectivity index (χ3v) is 5.43. The summed E-state index contributed by atoms with van der Waals surface area (Å²) in [5.74, 6) is 1.02. The zero-order chi connectivity index (χ0) is 19.4. The van der Waals surface area contributed by atoms with Crippen LogP contribution in [0.15, 0.2) is 71.6 Å². The molecule has 27 heavy (non-hydrogen) atoms. The molecule has 3 aromatic rings. The van der Waals surface area contributed by atoms with Crippen molar-refractivity contribution in [3.63, 3.8) is 0 Å². The quantitative estimate of drug-likeness (QED) is 0.560. The van der Waals surface area contributed by atoms with Crippen molar-refractivity contribution in [1.29, 1.82) is 0 Å². The Hall–Kier alpha value is -2.41. The molecule has 1 N–H and O–H groups in total. The number of ether oxygens (including phenoxy) is 2. The predicted octanol–water partition coefficient (Wildman–Crippen LogP) is 5.60. The summed E-state index contributed by atoms with van der Waals surface area (Å²) >= 11 is 12.0. The van der Waals surface area contributed by atoms with Gasteiger partial charge >= 0.3 is 0 Å². The van der Waals surface area contributed by atoms with Crippen LogP contribution >= 0.6 is 23.2 Å². The average molecular weight is 424 g/mol. The van der Waals surface area contributed by atoms with Crippen LogP contribution in [0.3, 0.4) is 0 Å². The maximum atomic E-state index is 12.9. The number of rotatable bonds is 6. The van der Waals surface area contributed by atoms with E-state index in [1.807, 2.05) is 18.2 Å². The first-order chi connectivity index (χ1) is 12.9. The number of nitrogens with one attached hydrogen (secondary N) is 1. The molecule has 0 spiro atoms. The smallest absolute Gasteiger partial charge is 0.265 e. The number of methoxy groups -OCH3 is 1. The number of hydrogen-bond acceptors (Lipinski definition) is 4. The first-order valence-electron chi connectivity index (χ1n) is 7.78. The largest absolute Gasteiger partial charge is 0.495 e. The minimum atomic E-state index is -4.01. The van der Waals surface area contributed by atoms with Gasteiger partial charge in [0, 0.05) is 10.0 Å². The second kappa shape index (κ2) is 8.08. The Morgan fingerprint density at radius 3 is 2.15 bits per heavy atom. The van der Waals surface area contributed by atoms with Crippen molar-refractivity contribution in [1.82, 2.24) is 0 Å². The topological polar surface area (TPSA) is 64.6 Å². The Morgan fingerprint density at radius 2 is 1.48 bits per heavy atom. The fraction of sp³-hybridized carbons (Fsp3) is 0.0526. The summed E-state index contributed by atoms with van der Waals surface area (Å²) in [6.45, 7) is 0. The number of para-hydroxylation sites is 1. The highest BCUT2D eigenvalue weighted by Gasteiger charge is 2.22. The van der Waals surface area contributed by atoms with Crippen LogP contribution < -0.4 is 14.2 Å². The fourth-order valence-corrected chi connectivity index (χ4v) is 4.01. The predicted molar refractivity (Wildman–Crippen MR) is 107 cm³/mol. The zero-order valence-electron chi connectivity index (χ0n) is 14.1.